The highest BCUT2D eigenvalue weighted by Gasteiger charge is 2.25. The number of likely N-dealkylation sites (tertiary alicyclic amines) is 1. The number of imidazole rings is 1. The summed E-state index contributed by atoms with van der Waals surface area (Å²) in [4.78, 5) is 22.2. The zero-order valence-corrected chi connectivity index (χ0v) is 16.1. The van der Waals surface area contributed by atoms with Gasteiger partial charge in [-0.1, -0.05) is 18.2 Å². The molecule has 1 saturated heterocycles. The molecule has 0 aliphatic carbocycles. The molecule has 1 fully saturated rings. The van der Waals surface area contributed by atoms with Crippen LogP contribution in [0.3, 0.4) is 0 Å². The molecule has 4 rings (SSSR count). The first-order chi connectivity index (χ1) is 14.1. The van der Waals surface area contributed by atoms with E-state index in [9.17, 15) is 13.6 Å². The number of carbonyl (C=O) groups is 1. The summed E-state index contributed by atoms with van der Waals surface area (Å²) in [5.74, 6) is -0.0461. The lowest BCUT2D eigenvalue weighted by Crippen LogP contribution is -2.40. The number of hydrogen-bond donors (Lipinski definition) is 1. The summed E-state index contributed by atoms with van der Waals surface area (Å²) in [5.41, 5.74) is 1.63. The average molecular weight is 395 g/mol. The molecule has 2 heterocycles. The Morgan fingerprint density at radius 1 is 1.17 bits per heavy atom. The number of nitrogens with zero attached hydrogens (tertiary/aromatic N) is 2. The first kappa shape index (κ1) is 19.3. The summed E-state index contributed by atoms with van der Waals surface area (Å²) < 4.78 is 27.7. The molecule has 0 bridgehead atoms. The zero-order valence-electron chi connectivity index (χ0n) is 16.1. The van der Waals surface area contributed by atoms with Crippen molar-refractivity contribution in [3.8, 4) is 11.4 Å². The number of halogens is 2. The van der Waals surface area contributed by atoms with E-state index >= 15 is 0 Å². The second-order valence-corrected chi connectivity index (χ2v) is 7.52. The van der Waals surface area contributed by atoms with Crippen molar-refractivity contribution in [1.29, 1.82) is 0 Å². The van der Waals surface area contributed by atoms with Gasteiger partial charge in [-0.2, -0.15) is 0 Å². The third-order valence-corrected chi connectivity index (χ3v) is 5.55. The highest BCUT2D eigenvalue weighted by molar-refractivity contribution is 5.95. The normalized spacial score (nSPS) is 16.8. The Balaban J connectivity index is 1.42. The molecule has 0 saturated carbocycles. The fraction of sp³-hybridized carbons (Fsp3) is 0.304. The van der Waals surface area contributed by atoms with E-state index in [0.717, 1.165) is 24.2 Å². The van der Waals surface area contributed by atoms with E-state index in [4.69, 9.17) is 0 Å². The fourth-order valence-corrected chi connectivity index (χ4v) is 4.01. The molecule has 1 aromatic heterocycles. The standard InChI is InChI=1S/C23H23F2N3O/c24-20-7-2-8-21(25)19(20)10-9-16-4-3-13-28(15-16)23(29)18-6-1-5-17(14-18)22-26-11-12-27-22/h1-2,5-8,11-12,14,16H,3-4,9-10,13,15H2,(H,26,27)/t16-/m0/s1. The second-order valence-electron chi connectivity index (χ2n) is 7.52. The first-order valence-electron chi connectivity index (χ1n) is 9.94. The van der Waals surface area contributed by atoms with Crippen molar-refractivity contribution in [2.75, 3.05) is 13.1 Å². The number of rotatable bonds is 5. The number of amides is 1. The Morgan fingerprint density at radius 3 is 2.72 bits per heavy atom. The fourth-order valence-electron chi connectivity index (χ4n) is 4.01. The zero-order chi connectivity index (χ0) is 20.2. The molecule has 29 heavy (non-hydrogen) atoms. The maximum atomic E-state index is 13.9. The summed E-state index contributed by atoms with van der Waals surface area (Å²) in [7, 11) is 0. The van der Waals surface area contributed by atoms with E-state index < -0.39 is 11.6 Å². The molecule has 150 valence electrons. The summed E-state index contributed by atoms with van der Waals surface area (Å²) >= 11 is 0. The Kier molecular flexibility index (Phi) is 5.69. The molecule has 1 atom stereocenters. The summed E-state index contributed by atoms with van der Waals surface area (Å²) in [5, 5.41) is 0. The maximum Gasteiger partial charge on any atom is 0.253 e. The van der Waals surface area contributed by atoms with Gasteiger partial charge in [0.05, 0.1) is 0 Å². The first-order valence-corrected chi connectivity index (χ1v) is 9.94. The van der Waals surface area contributed by atoms with Crippen LogP contribution >= 0.6 is 0 Å². The lowest BCUT2D eigenvalue weighted by atomic mass is 9.91. The number of aromatic nitrogens is 2. The maximum absolute atomic E-state index is 13.9. The van der Waals surface area contributed by atoms with Gasteiger partial charge in [0.25, 0.3) is 5.91 Å². The van der Waals surface area contributed by atoms with E-state index in [-0.39, 0.29) is 17.4 Å². The van der Waals surface area contributed by atoms with Crippen molar-refractivity contribution in [3.05, 3.63) is 77.6 Å². The quantitative estimate of drug-likeness (QED) is 0.672. The van der Waals surface area contributed by atoms with Gasteiger partial charge in [-0.25, -0.2) is 13.8 Å². The minimum Gasteiger partial charge on any atom is -0.345 e. The van der Waals surface area contributed by atoms with E-state index in [1.165, 1.54) is 18.2 Å². The molecule has 1 aliphatic rings. The van der Waals surface area contributed by atoms with Crippen LogP contribution in [0.15, 0.2) is 54.9 Å². The monoisotopic (exact) mass is 395 g/mol. The predicted octanol–water partition coefficient (Wildman–Crippen LogP) is 4.84. The SMILES string of the molecule is O=C(c1cccc(-c2ncc[nH]2)c1)N1CCC[C@@H](CCc2c(F)cccc2F)C1. The van der Waals surface area contributed by atoms with Gasteiger partial charge in [-0.05, 0) is 55.9 Å². The van der Waals surface area contributed by atoms with Crippen LogP contribution in [0, 0.1) is 17.6 Å². The van der Waals surface area contributed by atoms with Crippen molar-refractivity contribution < 1.29 is 13.6 Å². The van der Waals surface area contributed by atoms with Gasteiger partial charge in [0.1, 0.15) is 17.5 Å². The molecule has 1 amide bonds. The Morgan fingerprint density at radius 2 is 1.97 bits per heavy atom. The molecule has 2 aromatic carbocycles. The minimum absolute atomic E-state index is 0.0137. The molecule has 1 aliphatic heterocycles. The molecule has 4 nitrogen and oxygen atoms in total. The van der Waals surface area contributed by atoms with Crippen LogP contribution < -0.4 is 0 Å². The molecule has 1 N–H and O–H groups in total. The van der Waals surface area contributed by atoms with Crippen LogP contribution in [0.25, 0.3) is 11.4 Å². The van der Waals surface area contributed by atoms with Gasteiger partial charge >= 0.3 is 0 Å². The number of H-pyrrole nitrogens is 1. The second kappa shape index (κ2) is 8.55. The number of hydrogen-bond acceptors (Lipinski definition) is 2. The van der Waals surface area contributed by atoms with Crippen molar-refractivity contribution in [2.24, 2.45) is 5.92 Å². The van der Waals surface area contributed by atoms with Crippen LogP contribution in [0.1, 0.15) is 35.2 Å². The lowest BCUT2D eigenvalue weighted by molar-refractivity contribution is 0.0668. The minimum atomic E-state index is -0.497. The van der Waals surface area contributed by atoms with E-state index in [2.05, 4.69) is 9.97 Å². The highest BCUT2D eigenvalue weighted by Crippen LogP contribution is 2.25. The summed E-state index contributed by atoms with van der Waals surface area (Å²) in [6.07, 6.45) is 6.29. The Labute approximate surface area is 168 Å². The van der Waals surface area contributed by atoms with Crippen LogP contribution in [0.4, 0.5) is 8.78 Å². The molecule has 0 unspecified atom stereocenters. The molecular weight excluding hydrogens is 372 g/mol. The van der Waals surface area contributed by atoms with E-state index in [0.29, 0.717) is 31.5 Å². The topological polar surface area (TPSA) is 49.0 Å². The van der Waals surface area contributed by atoms with Gasteiger partial charge in [0.2, 0.25) is 0 Å². The summed E-state index contributed by atoms with van der Waals surface area (Å²) in [6.45, 7) is 1.31. The van der Waals surface area contributed by atoms with Crippen LogP contribution in [-0.2, 0) is 6.42 Å². The summed E-state index contributed by atoms with van der Waals surface area (Å²) in [6, 6.07) is 11.4. The van der Waals surface area contributed by atoms with Crippen molar-refractivity contribution in [2.45, 2.75) is 25.7 Å². The number of carbonyl (C=O) groups excluding carboxylic acids is 1. The Hall–Kier alpha value is -3.02. The number of benzene rings is 2. The van der Waals surface area contributed by atoms with Gasteiger partial charge in [-0.3, -0.25) is 4.79 Å². The third-order valence-electron chi connectivity index (χ3n) is 5.55. The van der Waals surface area contributed by atoms with Crippen LogP contribution in [0.5, 0.6) is 0 Å². The number of piperidine rings is 1. The van der Waals surface area contributed by atoms with Gasteiger partial charge < -0.3 is 9.88 Å². The molecular formula is C23H23F2N3O. The van der Waals surface area contributed by atoms with Crippen LogP contribution in [-0.4, -0.2) is 33.9 Å². The van der Waals surface area contributed by atoms with Gasteiger partial charge in [0, 0.05) is 42.2 Å². The van der Waals surface area contributed by atoms with Crippen molar-refractivity contribution >= 4 is 5.91 Å². The van der Waals surface area contributed by atoms with Crippen molar-refractivity contribution in [3.63, 3.8) is 0 Å². The predicted molar refractivity (Wildman–Crippen MR) is 107 cm³/mol. The lowest BCUT2D eigenvalue weighted by Gasteiger charge is -2.33. The van der Waals surface area contributed by atoms with Gasteiger partial charge in [-0.15, -0.1) is 0 Å². The highest BCUT2D eigenvalue weighted by atomic mass is 19.1. The third kappa shape index (κ3) is 4.36. The molecule has 0 spiro atoms. The van der Waals surface area contributed by atoms with Crippen molar-refractivity contribution in [1.82, 2.24) is 14.9 Å². The van der Waals surface area contributed by atoms with Crippen LogP contribution in [0.2, 0.25) is 0 Å². The van der Waals surface area contributed by atoms with Gasteiger partial charge in [0.15, 0.2) is 0 Å². The number of nitrogens with one attached hydrogen (secondary N) is 1. The molecule has 6 heteroatoms. The Bertz CT molecular complexity index is 967. The van der Waals surface area contributed by atoms with E-state index in [1.807, 2.05) is 29.2 Å². The molecule has 3 aromatic rings. The van der Waals surface area contributed by atoms with E-state index in [1.54, 1.807) is 12.4 Å². The average Bonchev–Trinajstić information content (AvgIpc) is 3.28. The molecule has 0 radical (unpaired) electrons. The largest absolute Gasteiger partial charge is 0.345 e. The smallest absolute Gasteiger partial charge is 0.253 e. The number of aromatic amines is 1.